The van der Waals surface area contributed by atoms with E-state index in [1.165, 1.54) is 6.42 Å². The van der Waals surface area contributed by atoms with E-state index in [1.807, 2.05) is 0 Å². The molecule has 2 atom stereocenters. The SMILES string of the molecule is O=S(=O)(C1CC1)N1C[C@@H]2CCC[C@]2(COCC2CCOCC2)C1. The van der Waals surface area contributed by atoms with Crippen molar-refractivity contribution in [2.75, 3.05) is 39.5 Å². The van der Waals surface area contributed by atoms with Gasteiger partial charge in [-0.2, -0.15) is 0 Å². The Kier molecular flexibility index (Phi) is 4.45. The number of fused-ring (bicyclic) bond motifs is 1. The molecule has 2 aliphatic carbocycles. The van der Waals surface area contributed by atoms with Gasteiger partial charge in [0.25, 0.3) is 0 Å². The van der Waals surface area contributed by atoms with Crippen LogP contribution in [0, 0.1) is 17.3 Å². The van der Waals surface area contributed by atoms with Gasteiger partial charge in [-0.25, -0.2) is 12.7 Å². The maximum absolute atomic E-state index is 12.6. The zero-order chi connectivity index (χ0) is 15.9. The van der Waals surface area contributed by atoms with Crippen LogP contribution in [0.2, 0.25) is 0 Å². The second kappa shape index (κ2) is 6.28. The summed E-state index contributed by atoms with van der Waals surface area (Å²) in [5, 5.41) is -0.0819. The highest BCUT2D eigenvalue weighted by molar-refractivity contribution is 7.90. The molecule has 2 heterocycles. The molecule has 4 aliphatic rings. The van der Waals surface area contributed by atoms with E-state index in [4.69, 9.17) is 9.47 Å². The van der Waals surface area contributed by atoms with E-state index < -0.39 is 10.0 Å². The second-order valence-electron chi connectivity index (χ2n) is 8.06. The van der Waals surface area contributed by atoms with E-state index >= 15 is 0 Å². The van der Waals surface area contributed by atoms with Gasteiger partial charge in [-0.15, -0.1) is 0 Å². The first kappa shape index (κ1) is 16.3. The van der Waals surface area contributed by atoms with Gasteiger partial charge in [0.05, 0.1) is 11.9 Å². The van der Waals surface area contributed by atoms with Crippen LogP contribution < -0.4 is 0 Å². The highest BCUT2D eigenvalue weighted by Gasteiger charge is 2.54. The van der Waals surface area contributed by atoms with Crippen LogP contribution in [0.3, 0.4) is 0 Å². The topological polar surface area (TPSA) is 55.8 Å². The molecule has 0 spiro atoms. The third-order valence-electron chi connectivity index (χ3n) is 6.40. The first-order valence-electron chi connectivity index (χ1n) is 9.25. The Morgan fingerprint density at radius 1 is 1.13 bits per heavy atom. The molecule has 0 radical (unpaired) electrons. The second-order valence-corrected chi connectivity index (χ2v) is 10.3. The number of hydrogen-bond acceptors (Lipinski definition) is 4. The fourth-order valence-corrected chi connectivity index (χ4v) is 6.69. The molecule has 0 aromatic rings. The van der Waals surface area contributed by atoms with Crippen LogP contribution in [0.4, 0.5) is 0 Å². The number of nitrogens with zero attached hydrogens (tertiary/aromatic N) is 1. The first-order chi connectivity index (χ1) is 11.1. The van der Waals surface area contributed by atoms with Crippen molar-refractivity contribution >= 4 is 10.0 Å². The number of rotatable bonds is 6. The third-order valence-corrected chi connectivity index (χ3v) is 8.71. The Morgan fingerprint density at radius 3 is 2.65 bits per heavy atom. The molecule has 23 heavy (non-hydrogen) atoms. The van der Waals surface area contributed by atoms with Gasteiger partial charge in [-0.1, -0.05) is 6.42 Å². The van der Waals surface area contributed by atoms with Crippen molar-refractivity contribution in [3.05, 3.63) is 0 Å². The lowest BCUT2D eigenvalue weighted by molar-refractivity contribution is -0.0116. The maximum atomic E-state index is 12.6. The average Bonchev–Trinajstić information content (AvgIpc) is 3.24. The normalized spacial score (nSPS) is 36.4. The molecule has 2 saturated heterocycles. The van der Waals surface area contributed by atoms with Crippen LogP contribution in [-0.4, -0.2) is 57.5 Å². The summed E-state index contributed by atoms with van der Waals surface area (Å²) in [7, 11) is -3.03. The molecule has 4 rings (SSSR count). The maximum Gasteiger partial charge on any atom is 0.217 e. The molecule has 6 heteroatoms. The summed E-state index contributed by atoms with van der Waals surface area (Å²) in [5.74, 6) is 1.12. The molecule has 2 saturated carbocycles. The van der Waals surface area contributed by atoms with Gasteiger partial charge in [0.15, 0.2) is 0 Å². The first-order valence-corrected chi connectivity index (χ1v) is 10.7. The van der Waals surface area contributed by atoms with Crippen molar-refractivity contribution in [1.82, 2.24) is 4.31 Å². The van der Waals surface area contributed by atoms with E-state index in [-0.39, 0.29) is 10.7 Å². The minimum absolute atomic E-state index is 0.0819. The summed E-state index contributed by atoms with van der Waals surface area (Å²) in [4.78, 5) is 0. The molecule has 0 N–H and O–H groups in total. The molecule has 4 fully saturated rings. The number of sulfonamides is 1. The van der Waals surface area contributed by atoms with Gasteiger partial charge in [0.1, 0.15) is 0 Å². The van der Waals surface area contributed by atoms with Crippen LogP contribution in [0.1, 0.15) is 44.9 Å². The summed E-state index contributed by atoms with van der Waals surface area (Å²) in [6.45, 7) is 4.70. The van der Waals surface area contributed by atoms with E-state index in [2.05, 4.69) is 0 Å². The van der Waals surface area contributed by atoms with Gasteiger partial charge in [-0.05, 0) is 50.4 Å². The Morgan fingerprint density at radius 2 is 1.91 bits per heavy atom. The quantitative estimate of drug-likeness (QED) is 0.740. The van der Waals surface area contributed by atoms with Gasteiger partial charge < -0.3 is 9.47 Å². The lowest BCUT2D eigenvalue weighted by Crippen LogP contribution is -2.36. The standard InChI is InChI=1S/C17H29NO4S/c19-23(20,16-3-4-16)18-10-15-2-1-7-17(15,12-18)13-22-11-14-5-8-21-9-6-14/h14-16H,1-13H2/t15-,17+/m0/s1. The molecule has 0 amide bonds. The van der Waals surface area contributed by atoms with Gasteiger partial charge in [-0.3, -0.25) is 0 Å². The monoisotopic (exact) mass is 343 g/mol. The predicted molar refractivity (Wildman–Crippen MR) is 87.7 cm³/mol. The molecule has 5 nitrogen and oxygen atoms in total. The van der Waals surface area contributed by atoms with Crippen molar-refractivity contribution in [3.8, 4) is 0 Å². The minimum Gasteiger partial charge on any atom is -0.381 e. The Bertz CT molecular complexity index is 527. The van der Waals surface area contributed by atoms with E-state index in [0.29, 0.717) is 18.4 Å². The minimum atomic E-state index is -3.03. The Hall–Kier alpha value is -0.170. The zero-order valence-electron chi connectivity index (χ0n) is 13.9. The smallest absolute Gasteiger partial charge is 0.217 e. The molecule has 0 bridgehead atoms. The summed E-state index contributed by atoms with van der Waals surface area (Å²) in [6.07, 6.45) is 7.42. The van der Waals surface area contributed by atoms with E-state index in [1.54, 1.807) is 4.31 Å². The van der Waals surface area contributed by atoms with Crippen molar-refractivity contribution < 1.29 is 17.9 Å². The third kappa shape index (κ3) is 3.20. The van der Waals surface area contributed by atoms with Crippen molar-refractivity contribution in [2.45, 2.75) is 50.2 Å². The lowest BCUT2D eigenvalue weighted by atomic mass is 9.81. The molecular weight excluding hydrogens is 314 g/mol. The highest BCUT2D eigenvalue weighted by atomic mass is 32.2. The van der Waals surface area contributed by atoms with Crippen molar-refractivity contribution in [1.29, 1.82) is 0 Å². The van der Waals surface area contributed by atoms with E-state index in [9.17, 15) is 8.42 Å². The van der Waals surface area contributed by atoms with Crippen LogP contribution in [0.15, 0.2) is 0 Å². The van der Waals surface area contributed by atoms with Crippen LogP contribution >= 0.6 is 0 Å². The Labute approximate surface area is 139 Å². The molecular formula is C17H29NO4S. The van der Waals surface area contributed by atoms with Crippen molar-refractivity contribution in [3.63, 3.8) is 0 Å². The fraction of sp³-hybridized carbons (Fsp3) is 1.00. The fourth-order valence-electron chi connectivity index (χ4n) is 4.71. The van der Waals surface area contributed by atoms with Gasteiger partial charge in [0.2, 0.25) is 10.0 Å². The molecule has 132 valence electrons. The summed E-state index contributed by atoms with van der Waals surface area (Å²) in [5.41, 5.74) is 0.0904. The number of hydrogen-bond donors (Lipinski definition) is 0. The summed E-state index contributed by atoms with van der Waals surface area (Å²) < 4.78 is 38.4. The predicted octanol–water partition coefficient (Wildman–Crippen LogP) is 2.02. The average molecular weight is 343 g/mol. The van der Waals surface area contributed by atoms with Crippen LogP contribution in [0.25, 0.3) is 0 Å². The highest BCUT2D eigenvalue weighted by Crippen LogP contribution is 2.50. The number of ether oxygens (including phenoxy) is 2. The zero-order valence-corrected chi connectivity index (χ0v) is 14.7. The molecule has 0 unspecified atom stereocenters. The van der Waals surface area contributed by atoms with Gasteiger partial charge in [0, 0.05) is 38.3 Å². The van der Waals surface area contributed by atoms with Crippen LogP contribution in [0.5, 0.6) is 0 Å². The van der Waals surface area contributed by atoms with Crippen LogP contribution in [-0.2, 0) is 19.5 Å². The molecule has 0 aromatic carbocycles. The largest absolute Gasteiger partial charge is 0.381 e. The Balaban J connectivity index is 1.35. The lowest BCUT2D eigenvalue weighted by Gasteiger charge is -2.30. The summed E-state index contributed by atoms with van der Waals surface area (Å²) >= 11 is 0. The summed E-state index contributed by atoms with van der Waals surface area (Å²) in [6, 6.07) is 0. The molecule has 2 aliphatic heterocycles. The van der Waals surface area contributed by atoms with E-state index in [0.717, 1.165) is 71.5 Å². The van der Waals surface area contributed by atoms with Gasteiger partial charge >= 0.3 is 0 Å². The van der Waals surface area contributed by atoms with Crippen molar-refractivity contribution in [2.24, 2.45) is 17.3 Å². The molecule has 0 aromatic heterocycles.